The molecule has 35 heavy (non-hydrogen) atoms. The molecule has 0 fully saturated rings. The van der Waals surface area contributed by atoms with Gasteiger partial charge in [-0.3, -0.25) is 5.10 Å². The Kier molecular flexibility index (Phi) is 6.80. The van der Waals surface area contributed by atoms with Crippen molar-refractivity contribution in [3.05, 3.63) is 72.1 Å². The minimum absolute atomic E-state index is 0.0415. The van der Waals surface area contributed by atoms with Crippen LogP contribution in [-0.2, 0) is 12.6 Å². The lowest BCUT2D eigenvalue weighted by Gasteiger charge is -2.14. The summed E-state index contributed by atoms with van der Waals surface area (Å²) in [6, 6.07) is 9.92. The van der Waals surface area contributed by atoms with Crippen molar-refractivity contribution < 1.29 is 31.5 Å². The third-order valence-corrected chi connectivity index (χ3v) is 4.88. The van der Waals surface area contributed by atoms with E-state index in [1.807, 2.05) is 0 Å². The van der Waals surface area contributed by atoms with Crippen LogP contribution in [0, 0.1) is 0 Å². The van der Waals surface area contributed by atoms with Crippen molar-refractivity contribution in [2.75, 3.05) is 10.6 Å². The minimum Gasteiger partial charge on any atom is -0.456 e. The molecule has 2 aromatic carbocycles. The van der Waals surface area contributed by atoms with Crippen LogP contribution < -0.4 is 15.4 Å². The second kappa shape index (κ2) is 9.95. The molecular weight excluding hydrogens is 473 g/mol. The highest BCUT2D eigenvalue weighted by molar-refractivity contribution is 5.99. The van der Waals surface area contributed by atoms with E-state index in [-0.39, 0.29) is 17.7 Å². The van der Waals surface area contributed by atoms with Crippen LogP contribution in [0.4, 0.5) is 38.1 Å². The van der Waals surface area contributed by atoms with E-state index in [0.29, 0.717) is 28.2 Å². The molecule has 182 valence electrons. The molecule has 0 saturated carbocycles. The van der Waals surface area contributed by atoms with Crippen molar-refractivity contribution in [3.8, 4) is 11.5 Å². The lowest BCUT2D eigenvalue weighted by atomic mass is 10.0. The highest BCUT2D eigenvalue weighted by atomic mass is 19.4. The van der Waals surface area contributed by atoms with E-state index in [1.165, 1.54) is 6.07 Å². The summed E-state index contributed by atoms with van der Waals surface area (Å²) < 4.78 is 70.4. The zero-order valence-electron chi connectivity index (χ0n) is 17.9. The Bertz CT molecular complexity index is 1320. The smallest absolute Gasteiger partial charge is 0.416 e. The Morgan fingerprint density at radius 1 is 1.03 bits per heavy atom. The molecule has 2 amide bonds. The number of hydrogen-bond donors (Lipinski definition) is 3. The predicted molar refractivity (Wildman–Crippen MR) is 119 cm³/mol. The van der Waals surface area contributed by atoms with Gasteiger partial charge in [-0.2, -0.15) is 18.3 Å². The fourth-order valence-electron chi connectivity index (χ4n) is 3.29. The Labute approximate surface area is 195 Å². The first-order valence-electron chi connectivity index (χ1n) is 10.3. The van der Waals surface area contributed by atoms with E-state index in [9.17, 15) is 26.7 Å². The number of aromatic amines is 1. The van der Waals surface area contributed by atoms with Gasteiger partial charge in [0.05, 0.1) is 17.1 Å². The van der Waals surface area contributed by atoms with Gasteiger partial charge in [-0.1, -0.05) is 0 Å². The van der Waals surface area contributed by atoms with Gasteiger partial charge >= 0.3 is 12.2 Å². The number of nitrogens with zero attached hydrogens (tertiary/aromatic N) is 2. The number of aryl methyl sites for hydroxylation is 1. The van der Waals surface area contributed by atoms with Gasteiger partial charge in [-0.25, -0.2) is 18.6 Å². The Hall–Kier alpha value is -4.22. The van der Waals surface area contributed by atoms with Gasteiger partial charge in [0, 0.05) is 24.0 Å². The van der Waals surface area contributed by atoms with Crippen molar-refractivity contribution in [3.63, 3.8) is 0 Å². The molecule has 0 radical (unpaired) electrons. The molecule has 2 heterocycles. The van der Waals surface area contributed by atoms with Gasteiger partial charge in [-0.05, 0) is 60.5 Å². The number of fused-ring (bicyclic) bond motifs is 1. The fourth-order valence-corrected chi connectivity index (χ4v) is 3.29. The van der Waals surface area contributed by atoms with Gasteiger partial charge in [-0.15, -0.1) is 0 Å². The maximum absolute atomic E-state index is 13.2. The van der Waals surface area contributed by atoms with Gasteiger partial charge in [0.2, 0.25) is 6.43 Å². The van der Waals surface area contributed by atoms with Crippen LogP contribution in [-0.4, -0.2) is 27.6 Å². The third kappa shape index (κ3) is 6.22. The van der Waals surface area contributed by atoms with Crippen LogP contribution in [0.2, 0.25) is 0 Å². The molecule has 0 saturated heterocycles. The average Bonchev–Trinajstić information content (AvgIpc) is 3.28. The standard InChI is InChI=1S/C23H18F5N5O2/c24-20(25)6-1-13-9-14(23(26,27)28)11-16(10-13)32-22(34)31-15-2-4-17(5-3-15)35-19-7-8-29-21-18(19)12-30-33-21/h2-5,7-12,20H,1,6H2,(H,29,30,33)(H2,31,32,34). The van der Waals surface area contributed by atoms with Gasteiger partial charge in [0.15, 0.2) is 5.65 Å². The number of halogens is 5. The normalized spacial score (nSPS) is 11.6. The van der Waals surface area contributed by atoms with E-state index in [2.05, 4.69) is 25.8 Å². The number of pyridine rings is 1. The molecule has 0 aliphatic heterocycles. The highest BCUT2D eigenvalue weighted by Gasteiger charge is 2.31. The van der Waals surface area contributed by atoms with Crippen LogP contribution in [0.15, 0.2) is 60.9 Å². The third-order valence-electron chi connectivity index (χ3n) is 4.88. The van der Waals surface area contributed by atoms with Crippen molar-refractivity contribution in [1.82, 2.24) is 15.2 Å². The van der Waals surface area contributed by atoms with E-state index < -0.39 is 30.6 Å². The maximum atomic E-state index is 13.2. The van der Waals surface area contributed by atoms with Crippen molar-refractivity contribution >= 4 is 28.4 Å². The number of alkyl halides is 5. The second-order valence-corrected chi connectivity index (χ2v) is 7.49. The van der Waals surface area contributed by atoms with E-state index in [4.69, 9.17) is 4.74 Å². The van der Waals surface area contributed by atoms with Crippen LogP contribution >= 0.6 is 0 Å². The molecule has 0 unspecified atom stereocenters. The highest BCUT2D eigenvalue weighted by Crippen LogP contribution is 2.33. The van der Waals surface area contributed by atoms with Crippen molar-refractivity contribution in [2.24, 2.45) is 0 Å². The largest absolute Gasteiger partial charge is 0.456 e. The monoisotopic (exact) mass is 491 g/mol. The van der Waals surface area contributed by atoms with Crippen molar-refractivity contribution in [2.45, 2.75) is 25.4 Å². The molecule has 2 aromatic heterocycles. The summed E-state index contributed by atoms with van der Waals surface area (Å²) in [7, 11) is 0. The molecule has 0 aliphatic carbocycles. The Balaban J connectivity index is 1.42. The zero-order valence-corrected chi connectivity index (χ0v) is 17.9. The first-order chi connectivity index (χ1) is 16.7. The summed E-state index contributed by atoms with van der Waals surface area (Å²) >= 11 is 0. The summed E-state index contributed by atoms with van der Waals surface area (Å²) in [6.07, 6.45) is -5.07. The predicted octanol–water partition coefficient (Wildman–Crippen LogP) is 6.61. The van der Waals surface area contributed by atoms with Crippen LogP contribution in [0.5, 0.6) is 11.5 Å². The van der Waals surface area contributed by atoms with Crippen LogP contribution in [0.25, 0.3) is 11.0 Å². The summed E-state index contributed by atoms with van der Waals surface area (Å²) in [5.41, 5.74) is -0.251. The number of benzene rings is 2. The lowest BCUT2D eigenvalue weighted by Crippen LogP contribution is -2.20. The maximum Gasteiger partial charge on any atom is 0.416 e. The van der Waals surface area contributed by atoms with Crippen LogP contribution in [0.3, 0.4) is 0 Å². The van der Waals surface area contributed by atoms with Gasteiger partial charge < -0.3 is 15.4 Å². The van der Waals surface area contributed by atoms with Crippen LogP contribution in [0.1, 0.15) is 17.5 Å². The first-order valence-corrected chi connectivity index (χ1v) is 10.3. The molecule has 0 atom stereocenters. The first kappa shape index (κ1) is 23.9. The molecular formula is C23H18F5N5O2. The molecule has 12 heteroatoms. The van der Waals surface area contributed by atoms with E-state index in [0.717, 1.165) is 12.1 Å². The number of carbonyl (C=O) groups excluding carboxylic acids is 1. The fraction of sp³-hybridized carbons (Fsp3) is 0.174. The number of carbonyl (C=O) groups is 1. The molecule has 3 N–H and O–H groups in total. The van der Waals surface area contributed by atoms with Gasteiger partial charge in [0.1, 0.15) is 11.5 Å². The molecule has 4 aromatic rings. The summed E-state index contributed by atoms with van der Waals surface area (Å²) in [5.74, 6) is 0.987. The topological polar surface area (TPSA) is 91.9 Å². The summed E-state index contributed by atoms with van der Waals surface area (Å²) in [6.45, 7) is 0. The molecule has 0 bridgehead atoms. The number of rotatable bonds is 7. The Morgan fingerprint density at radius 2 is 1.77 bits per heavy atom. The summed E-state index contributed by atoms with van der Waals surface area (Å²) in [5, 5.41) is 12.1. The number of hydrogen-bond acceptors (Lipinski definition) is 4. The Morgan fingerprint density at radius 3 is 2.49 bits per heavy atom. The SMILES string of the molecule is O=C(Nc1ccc(Oc2ccnc3[nH]ncc23)cc1)Nc1cc(CCC(F)F)cc(C(F)(F)F)c1. The quantitative estimate of drug-likeness (QED) is 0.254. The summed E-state index contributed by atoms with van der Waals surface area (Å²) in [4.78, 5) is 16.5. The van der Waals surface area contributed by atoms with Crippen molar-refractivity contribution in [1.29, 1.82) is 0 Å². The number of urea groups is 1. The molecule has 4 rings (SSSR count). The average molecular weight is 491 g/mol. The number of amides is 2. The van der Waals surface area contributed by atoms with E-state index in [1.54, 1.807) is 42.7 Å². The zero-order chi connectivity index (χ0) is 25.0. The number of nitrogens with one attached hydrogen (secondary N) is 3. The number of aromatic nitrogens is 3. The minimum atomic E-state index is -4.69. The number of anilines is 2. The number of ether oxygens (including phenoxy) is 1. The number of H-pyrrole nitrogens is 1. The van der Waals surface area contributed by atoms with E-state index >= 15 is 0 Å². The lowest BCUT2D eigenvalue weighted by molar-refractivity contribution is -0.137. The molecule has 0 aliphatic rings. The second-order valence-electron chi connectivity index (χ2n) is 7.49. The molecule has 0 spiro atoms. The molecule has 7 nitrogen and oxygen atoms in total. The van der Waals surface area contributed by atoms with Gasteiger partial charge in [0.25, 0.3) is 0 Å².